The van der Waals surface area contributed by atoms with E-state index in [9.17, 15) is 13.6 Å². The Labute approximate surface area is 129 Å². The van der Waals surface area contributed by atoms with Gasteiger partial charge in [-0.05, 0) is 30.3 Å². The summed E-state index contributed by atoms with van der Waals surface area (Å²) in [6, 6.07) is 10.4. The first-order valence-corrected chi connectivity index (χ1v) is 6.97. The van der Waals surface area contributed by atoms with E-state index in [1.165, 1.54) is 6.07 Å². The highest BCUT2D eigenvalue weighted by Gasteiger charge is 2.06. The van der Waals surface area contributed by atoms with Crippen LogP contribution in [0.2, 0.25) is 0 Å². The summed E-state index contributed by atoms with van der Waals surface area (Å²) in [5, 5.41) is 2.47. The van der Waals surface area contributed by atoms with Gasteiger partial charge < -0.3 is 10.1 Å². The van der Waals surface area contributed by atoms with Crippen LogP contribution in [0.15, 0.2) is 46.9 Å². The zero-order valence-electron chi connectivity index (χ0n) is 10.9. The van der Waals surface area contributed by atoms with Crippen LogP contribution in [0.5, 0.6) is 5.75 Å². The number of benzene rings is 2. The molecule has 21 heavy (non-hydrogen) atoms. The largest absolute Gasteiger partial charge is 0.493 e. The van der Waals surface area contributed by atoms with Gasteiger partial charge in [0.15, 0.2) is 11.6 Å². The minimum absolute atomic E-state index is 0.103. The van der Waals surface area contributed by atoms with Gasteiger partial charge >= 0.3 is 0 Å². The topological polar surface area (TPSA) is 38.3 Å². The van der Waals surface area contributed by atoms with Crippen LogP contribution in [0.3, 0.4) is 0 Å². The van der Waals surface area contributed by atoms with E-state index in [1.54, 1.807) is 12.1 Å². The SMILES string of the molecule is O=C(CCOc1cccc(Br)c1)Nc1ccc(F)c(F)c1. The van der Waals surface area contributed by atoms with Crippen molar-refractivity contribution in [3.8, 4) is 5.75 Å². The van der Waals surface area contributed by atoms with Crippen molar-refractivity contribution in [2.45, 2.75) is 6.42 Å². The molecule has 1 amide bonds. The van der Waals surface area contributed by atoms with Crippen LogP contribution < -0.4 is 10.1 Å². The van der Waals surface area contributed by atoms with Crippen molar-refractivity contribution >= 4 is 27.5 Å². The van der Waals surface area contributed by atoms with Crippen molar-refractivity contribution < 1.29 is 18.3 Å². The number of hydrogen-bond acceptors (Lipinski definition) is 2. The summed E-state index contributed by atoms with van der Waals surface area (Å²) in [5.41, 5.74) is 0.210. The molecule has 0 heterocycles. The number of rotatable bonds is 5. The highest BCUT2D eigenvalue weighted by atomic mass is 79.9. The van der Waals surface area contributed by atoms with Crippen molar-refractivity contribution in [2.24, 2.45) is 0 Å². The molecule has 2 rings (SSSR count). The summed E-state index contributed by atoms with van der Waals surface area (Å²) in [7, 11) is 0. The fourth-order valence-electron chi connectivity index (χ4n) is 1.62. The Morgan fingerprint density at radius 2 is 1.95 bits per heavy atom. The lowest BCUT2D eigenvalue weighted by molar-refractivity contribution is -0.116. The van der Waals surface area contributed by atoms with Crippen molar-refractivity contribution in [1.29, 1.82) is 0 Å². The Morgan fingerprint density at radius 3 is 2.67 bits per heavy atom. The van der Waals surface area contributed by atoms with Gasteiger partial charge in [-0.3, -0.25) is 4.79 Å². The predicted octanol–water partition coefficient (Wildman–Crippen LogP) is 4.13. The summed E-state index contributed by atoms with van der Waals surface area (Å²) in [4.78, 5) is 11.6. The Bertz CT molecular complexity index is 649. The van der Waals surface area contributed by atoms with Gasteiger partial charge in [-0.1, -0.05) is 22.0 Å². The van der Waals surface area contributed by atoms with Crippen LogP contribution in [0, 0.1) is 11.6 Å². The molecule has 0 aromatic heterocycles. The second-order valence-electron chi connectivity index (χ2n) is 4.23. The molecule has 0 aliphatic rings. The summed E-state index contributed by atoms with van der Waals surface area (Å²) in [6.07, 6.45) is 0.103. The zero-order valence-corrected chi connectivity index (χ0v) is 12.5. The summed E-state index contributed by atoms with van der Waals surface area (Å²) in [6.45, 7) is 0.186. The van der Waals surface area contributed by atoms with Gasteiger partial charge in [-0.15, -0.1) is 0 Å². The van der Waals surface area contributed by atoms with Gasteiger partial charge in [0.1, 0.15) is 5.75 Å². The van der Waals surface area contributed by atoms with E-state index in [-0.39, 0.29) is 24.6 Å². The summed E-state index contributed by atoms with van der Waals surface area (Å²) >= 11 is 3.31. The molecule has 0 spiro atoms. The van der Waals surface area contributed by atoms with E-state index in [1.807, 2.05) is 12.1 Å². The highest BCUT2D eigenvalue weighted by Crippen LogP contribution is 2.18. The van der Waals surface area contributed by atoms with Crippen molar-refractivity contribution in [2.75, 3.05) is 11.9 Å². The van der Waals surface area contributed by atoms with Gasteiger partial charge in [0.2, 0.25) is 5.91 Å². The number of carbonyl (C=O) groups excluding carboxylic acids is 1. The van der Waals surface area contributed by atoms with Crippen molar-refractivity contribution in [3.63, 3.8) is 0 Å². The molecule has 3 nitrogen and oxygen atoms in total. The van der Waals surface area contributed by atoms with Crippen LogP contribution >= 0.6 is 15.9 Å². The Kier molecular flexibility index (Phi) is 5.27. The van der Waals surface area contributed by atoms with Crippen molar-refractivity contribution in [3.05, 3.63) is 58.6 Å². The summed E-state index contributed by atoms with van der Waals surface area (Å²) in [5.74, 6) is -1.65. The molecule has 0 bridgehead atoms. The average molecular weight is 356 g/mol. The Balaban J connectivity index is 1.81. The van der Waals surface area contributed by atoms with Crippen molar-refractivity contribution in [1.82, 2.24) is 0 Å². The third kappa shape index (κ3) is 4.82. The standard InChI is InChI=1S/C15H12BrF2NO2/c16-10-2-1-3-12(8-10)21-7-6-15(20)19-11-4-5-13(17)14(18)9-11/h1-5,8-9H,6-7H2,(H,19,20). The third-order valence-corrected chi connectivity index (χ3v) is 3.09. The van der Waals surface area contributed by atoms with E-state index in [0.717, 1.165) is 16.6 Å². The van der Waals surface area contributed by atoms with E-state index in [4.69, 9.17) is 4.74 Å². The molecular formula is C15H12BrF2NO2. The summed E-state index contributed by atoms with van der Waals surface area (Å²) < 4.78 is 32.0. The molecule has 2 aromatic rings. The fraction of sp³-hybridized carbons (Fsp3) is 0.133. The zero-order chi connectivity index (χ0) is 15.2. The maximum atomic E-state index is 13.0. The minimum Gasteiger partial charge on any atom is -0.493 e. The molecule has 6 heteroatoms. The molecule has 0 saturated carbocycles. The molecule has 0 unspecified atom stereocenters. The molecule has 0 aliphatic heterocycles. The van der Waals surface area contributed by atoms with Gasteiger partial charge in [-0.2, -0.15) is 0 Å². The smallest absolute Gasteiger partial charge is 0.227 e. The highest BCUT2D eigenvalue weighted by molar-refractivity contribution is 9.10. The molecule has 0 atom stereocenters. The van der Waals surface area contributed by atoms with Gasteiger partial charge in [0.25, 0.3) is 0 Å². The third-order valence-electron chi connectivity index (χ3n) is 2.60. The molecule has 1 N–H and O–H groups in total. The monoisotopic (exact) mass is 355 g/mol. The first-order chi connectivity index (χ1) is 10.0. The van der Waals surface area contributed by atoms with Gasteiger partial charge in [0.05, 0.1) is 13.0 Å². The van der Waals surface area contributed by atoms with Crippen LogP contribution in [0.1, 0.15) is 6.42 Å². The quantitative estimate of drug-likeness (QED) is 0.875. The lowest BCUT2D eigenvalue weighted by Gasteiger charge is -2.08. The van der Waals surface area contributed by atoms with Crippen LogP contribution in [-0.4, -0.2) is 12.5 Å². The Hall–Kier alpha value is -1.95. The predicted molar refractivity (Wildman–Crippen MR) is 79.2 cm³/mol. The molecule has 0 fully saturated rings. The molecule has 0 aliphatic carbocycles. The molecule has 0 radical (unpaired) electrons. The second-order valence-corrected chi connectivity index (χ2v) is 5.15. The lowest BCUT2D eigenvalue weighted by atomic mass is 10.3. The number of nitrogens with one attached hydrogen (secondary N) is 1. The number of ether oxygens (including phenoxy) is 1. The first-order valence-electron chi connectivity index (χ1n) is 6.18. The first kappa shape index (κ1) is 15.4. The van der Waals surface area contributed by atoms with Gasteiger partial charge in [-0.25, -0.2) is 8.78 Å². The number of hydrogen-bond donors (Lipinski definition) is 1. The number of halogens is 3. The molecule has 2 aromatic carbocycles. The van der Waals surface area contributed by atoms with E-state index < -0.39 is 11.6 Å². The second kappa shape index (κ2) is 7.17. The fourth-order valence-corrected chi connectivity index (χ4v) is 1.99. The number of carbonyl (C=O) groups is 1. The van der Waals surface area contributed by atoms with E-state index >= 15 is 0 Å². The normalized spacial score (nSPS) is 10.2. The number of anilines is 1. The lowest BCUT2D eigenvalue weighted by Crippen LogP contribution is -2.15. The maximum absolute atomic E-state index is 13.0. The van der Waals surface area contributed by atoms with E-state index in [2.05, 4.69) is 21.2 Å². The number of amides is 1. The van der Waals surface area contributed by atoms with E-state index in [0.29, 0.717) is 5.75 Å². The average Bonchev–Trinajstić information content (AvgIpc) is 2.43. The molecule has 0 saturated heterocycles. The minimum atomic E-state index is -1.00. The molecule has 110 valence electrons. The maximum Gasteiger partial charge on any atom is 0.227 e. The van der Waals surface area contributed by atoms with Gasteiger partial charge in [0, 0.05) is 16.2 Å². The van der Waals surface area contributed by atoms with Crippen LogP contribution in [0.4, 0.5) is 14.5 Å². The molecular weight excluding hydrogens is 344 g/mol. The van der Waals surface area contributed by atoms with Crippen LogP contribution in [-0.2, 0) is 4.79 Å². The van der Waals surface area contributed by atoms with Crippen LogP contribution in [0.25, 0.3) is 0 Å². The Morgan fingerprint density at radius 1 is 1.14 bits per heavy atom.